The Morgan fingerprint density at radius 3 is 2.45 bits per heavy atom. The normalized spacial score (nSPS) is 13.1. The molecule has 0 amide bonds. The molecule has 0 fully saturated rings. The number of carbonyl (C=O) groups excluding carboxylic acids is 1. The van der Waals surface area contributed by atoms with Crippen LogP contribution < -0.4 is 0 Å². The first-order chi connectivity index (χ1) is 5.13. The van der Waals surface area contributed by atoms with Gasteiger partial charge < -0.3 is 0 Å². The predicted octanol–water partition coefficient (Wildman–Crippen LogP) is 2.72. The maximum atomic E-state index is 11.3. The molecule has 0 aliphatic carbocycles. The second-order valence-electron chi connectivity index (χ2n) is 2.76. The molecule has 0 saturated heterocycles. The summed E-state index contributed by atoms with van der Waals surface area (Å²) < 4.78 is 0. The van der Waals surface area contributed by atoms with Gasteiger partial charge in [0.1, 0.15) is 0 Å². The van der Waals surface area contributed by atoms with Crippen LogP contribution in [0.5, 0.6) is 0 Å². The molecule has 64 valence electrons. The average molecular weight is 172 g/mol. The van der Waals surface area contributed by atoms with Crippen molar-refractivity contribution in [1.82, 2.24) is 0 Å². The topological polar surface area (TPSA) is 17.1 Å². The molecular formula is C9H16OS. The predicted molar refractivity (Wildman–Crippen MR) is 51.7 cm³/mol. The van der Waals surface area contributed by atoms with Crippen molar-refractivity contribution in [3.05, 3.63) is 12.7 Å². The van der Waals surface area contributed by atoms with Crippen molar-refractivity contribution in [2.75, 3.05) is 5.75 Å². The smallest absolute Gasteiger partial charge is 0.196 e. The van der Waals surface area contributed by atoms with Gasteiger partial charge in [-0.2, -0.15) is 0 Å². The van der Waals surface area contributed by atoms with Crippen LogP contribution in [0.3, 0.4) is 0 Å². The van der Waals surface area contributed by atoms with E-state index in [1.54, 1.807) is 6.08 Å². The first kappa shape index (κ1) is 10.8. The molecule has 0 saturated carbocycles. The molecule has 0 aliphatic rings. The number of thioether (sulfide) groups is 1. The first-order valence-electron chi connectivity index (χ1n) is 3.92. The maximum Gasteiger partial charge on any atom is 0.196 e. The molecule has 0 bridgehead atoms. The van der Waals surface area contributed by atoms with E-state index in [9.17, 15) is 4.79 Å². The zero-order valence-electron chi connectivity index (χ0n) is 7.46. The van der Waals surface area contributed by atoms with E-state index in [-0.39, 0.29) is 11.0 Å². The lowest BCUT2D eigenvalue weighted by molar-refractivity contribution is -0.114. The van der Waals surface area contributed by atoms with E-state index in [1.165, 1.54) is 11.8 Å². The number of hydrogen-bond donors (Lipinski definition) is 0. The molecule has 0 aromatic carbocycles. The van der Waals surface area contributed by atoms with E-state index in [0.717, 1.165) is 5.75 Å². The standard InChI is InChI=1S/C9H16OS/c1-5-8(7(3)4)9(10)11-6-2/h5,7-8H,1,6H2,2-4H3. The summed E-state index contributed by atoms with van der Waals surface area (Å²) in [5, 5.41) is 0.248. The van der Waals surface area contributed by atoms with Crippen molar-refractivity contribution in [3.63, 3.8) is 0 Å². The fraction of sp³-hybridized carbons (Fsp3) is 0.667. The highest BCUT2D eigenvalue weighted by molar-refractivity contribution is 8.13. The molecule has 0 spiro atoms. The van der Waals surface area contributed by atoms with Gasteiger partial charge in [0.15, 0.2) is 5.12 Å². The molecule has 0 N–H and O–H groups in total. The van der Waals surface area contributed by atoms with Gasteiger partial charge in [0, 0.05) is 5.92 Å². The van der Waals surface area contributed by atoms with Crippen molar-refractivity contribution < 1.29 is 4.79 Å². The van der Waals surface area contributed by atoms with E-state index >= 15 is 0 Å². The monoisotopic (exact) mass is 172 g/mol. The quantitative estimate of drug-likeness (QED) is 0.606. The van der Waals surface area contributed by atoms with E-state index in [1.807, 2.05) is 20.8 Å². The Balaban J connectivity index is 4.03. The zero-order valence-corrected chi connectivity index (χ0v) is 8.28. The van der Waals surface area contributed by atoms with Crippen molar-refractivity contribution in [1.29, 1.82) is 0 Å². The number of rotatable bonds is 4. The minimum atomic E-state index is 0.0277. The number of carbonyl (C=O) groups is 1. The van der Waals surface area contributed by atoms with Gasteiger partial charge in [-0.25, -0.2) is 0 Å². The molecular weight excluding hydrogens is 156 g/mol. The fourth-order valence-electron chi connectivity index (χ4n) is 0.879. The molecule has 1 nitrogen and oxygen atoms in total. The Morgan fingerprint density at radius 1 is 1.64 bits per heavy atom. The summed E-state index contributed by atoms with van der Waals surface area (Å²) in [6, 6.07) is 0. The second kappa shape index (κ2) is 5.42. The van der Waals surface area contributed by atoms with Gasteiger partial charge in [-0.3, -0.25) is 4.79 Å². The third-order valence-electron chi connectivity index (χ3n) is 1.53. The highest BCUT2D eigenvalue weighted by Gasteiger charge is 2.17. The molecule has 11 heavy (non-hydrogen) atoms. The Hall–Kier alpha value is -0.240. The maximum absolute atomic E-state index is 11.3. The molecule has 1 atom stereocenters. The van der Waals surface area contributed by atoms with Gasteiger partial charge in [0.05, 0.1) is 0 Å². The van der Waals surface area contributed by atoms with Crippen molar-refractivity contribution >= 4 is 16.9 Å². The van der Waals surface area contributed by atoms with Crippen LogP contribution in [0.15, 0.2) is 12.7 Å². The van der Waals surface area contributed by atoms with Gasteiger partial charge in [0.25, 0.3) is 0 Å². The zero-order chi connectivity index (χ0) is 8.85. The average Bonchev–Trinajstić information content (AvgIpc) is 1.88. The molecule has 0 heterocycles. The summed E-state index contributed by atoms with van der Waals surface area (Å²) in [7, 11) is 0. The van der Waals surface area contributed by atoms with E-state index < -0.39 is 0 Å². The number of allylic oxidation sites excluding steroid dienone is 1. The Labute approximate surface area is 73.3 Å². The van der Waals surface area contributed by atoms with Crippen LogP contribution in [0.4, 0.5) is 0 Å². The van der Waals surface area contributed by atoms with Crippen LogP contribution in [-0.2, 0) is 4.79 Å². The minimum Gasteiger partial charge on any atom is -0.287 e. The highest BCUT2D eigenvalue weighted by Crippen LogP contribution is 2.19. The highest BCUT2D eigenvalue weighted by atomic mass is 32.2. The van der Waals surface area contributed by atoms with Crippen LogP contribution in [0, 0.1) is 11.8 Å². The molecule has 0 aliphatic heterocycles. The minimum absolute atomic E-state index is 0.0277. The molecule has 0 aromatic rings. The Kier molecular flexibility index (Phi) is 5.30. The second-order valence-corrected chi connectivity index (χ2v) is 4.03. The summed E-state index contributed by atoms with van der Waals surface area (Å²) in [5.74, 6) is 1.26. The lowest BCUT2D eigenvalue weighted by Gasteiger charge is -2.13. The van der Waals surface area contributed by atoms with Gasteiger partial charge in [-0.15, -0.1) is 6.58 Å². The molecule has 0 radical (unpaired) electrons. The van der Waals surface area contributed by atoms with Gasteiger partial charge in [0.2, 0.25) is 0 Å². The third kappa shape index (κ3) is 3.61. The Bertz CT molecular complexity index is 140. The van der Waals surface area contributed by atoms with E-state index in [2.05, 4.69) is 6.58 Å². The first-order valence-corrected chi connectivity index (χ1v) is 4.91. The van der Waals surface area contributed by atoms with Crippen molar-refractivity contribution in [2.24, 2.45) is 11.8 Å². The van der Waals surface area contributed by atoms with Gasteiger partial charge in [-0.1, -0.05) is 38.6 Å². The molecule has 1 unspecified atom stereocenters. The van der Waals surface area contributed by atoms with Crippen LogP contribution in [0.2, 0.25) is 0 Å². The van der Waals surface area contributed by atoms with Gasteiger partial charge >= 0.3 is 0 Å². The summed E-state index contributed by atoms with van der Waals surface area (Å²) in [5.41, 5.74) is 0. The fourth-order valence-corrected chi connectivity index (χ4v) is 1.72. The lowest BCUT2D eigenvalue weighted by atomic mass is 9.98. The summed E-state index contributed by atoms with van der Waals surface area (Å²) in [6.07, 6.45) is 1.75. The van der Waals surface area contributed by atoms with Crippen LogP contribution in [-0.4, -0.2) is 10.9 Å². The van der Waals surface area contributed by atoms with Crippen molar-refractivity contribution in [3.8, 4) is 0 Å². The van der Waals surface area contributed by atoms with Gasteiger partial charge in [-0.05, 0) is 11.7 Å². The molecule has 2 heteroatoms. The summed E-state index contributed by atoms with van der Waals surface area (Å²) in [6.45, 7) is 9.72. The van der Waals surface area contributed by atoms with Crippen LogP contribution >= 0.6 is 11.8 Å². The van der Waals surface area contributed by atoms with E-state index in [4.69, 9.17) is 0 Å². The lowest BCUT2D eigenvalue weighted by Crippen LogP contribution is -2.14. The third-order valence-corrected chi connectivity index (χ3v) is 2.38. The van der Waals surface area contributed by atoms with Crippen LogP contribution in [0.1, 0.15) is 20.8 Å². The Morgan fingerprint density at radius 2 is 2.18 bits per heavy atom. The molecule has 0 rings (SSSR count). The molecule has 0 aromatic heterocycles. The summed E-state index contributed by atoms with van der Waals surface area (Å²) >= 11 is 1.38. The van der Waals surface area contributed by atoms with Crippen LogP contribution in [0.25, 0.3) is 0 Å². The summed E-state index contributed by atoms with van der Waals surface area (Å²) in [4.78, 5) is 11.3. The number of hydrogen-bond acceptors (Lipinski definition) is 2. The SMILES string of the molecule is C=CC(C(=O)SCC)C(C)C. The largest absolute Gasteiger partial charge is 0.287 e. The van der Waals surface area contributed by atoms with Crippen molar-refractivity contribution in [2.45, 2.75) is 20.8 Å². The van der Waals surface area contributed by atoms with E-state index in [0.29, 0.717) is 5.92 Å².